The molecular weight excluding hydrogens is 187 g/mol. The third kappa shape index (κ3) is 1.87. The van der Waals surface area contributed by atoms with E-state index in [1.807, 2.05) is 0 Å². The Morgan fingerprint density at radius 1 is 1.23 bits per heavy atom. The van der Waals surface area contributed by atoms with Gasteiger partial charge in [-0.1, -0.05) is 23.5 Å². The van der Waals surface area contributed by atoms with Crippen LogP contribution < -0.4 is 4.74 Å². The molecule has 2 aromatic rings. The van der Waals surface area contributed by atoms with E-state index < -0.39 is 0 Å². The zero-order valence-corrected chi connectivity index (χ0v) is 7.48. The smallest absolute Gasteiger partial charge is 0.181 e. The van der Waals surface area contributed by atoms with Crippen molar-refractivity contribution in [3.05, 3.63) is 47.6 Å². The van der Waals surface area contributed by atoms with Crippen LogP contribution in [0.3, 0.4) is 0 Å². The fourth-order valence-electron chi connectivity index (χ4n) is 0.919. The quantitative estimate of drug-likeness (QED) is 0.709. The molecule has 0 amide bonds. The average Bonchev–Trinajstić information content (AvgIpc) is 2.61. The van der Waals surface area contributed by atoms with Crippen LogP contribution in [0, 0.1) is 11.2 Å². The van der Waals surface area contributed by atoms with Crippen LogP contribution in [0.1, 0.15) is 0 Å². The van der Waals surface area contributed by atoms with Crippen LogP contribution in [0.2, 0.25) is 0 Å². The van der Waals surface area contributed by atoms with Crippen LogP contribution in [-0.2, 0) is 0 Å². The van der Waals surface area contributed by atoms with E-state index in [4.69, 9.17) is 4.74 Å². The molecule has 0 bridgehead atoms. The summed E-state index contributed by atoms with van der Waals surface area (Å²) in [6, 6.07) is 9.80. The van der Waals surface area contributed by atoms with Crippen molar-refractivity contribution in [3.8, 4) is 10.8 Å². The Kier molecular flexibility index (Phi) is 2.27. The highest BCUT2D eigenvalue weighted by atomic mass is 32.1. The molecule has 1 aromatic heterocycles. The molecule has 1 aromatic carbocycles. The molecule has 0 spiro atoms. The van der Waals surface area contributed by atoms with E-state index in [1.165, 1.54) is 17.4 Å². The summed E-state index contributed by atoms with van der Waals surface area (Å²) in [5.74, 6) is -0.103. The van der Waals surface area contributed by atoms with Crippen molar-refractivity contribution in [1.29, 1.82) is 0 Å². The second-order valence-corrected chi connectivity index (χ2v) is 3.25. The number of para-hydroxylation sites is 1. The lowest BCUT2D eigenvalue weighted by Crippen LogP contribution is -1.84. The molecule has 2 rings (SSSR count). The number of ether oxygens (including phenoxy) is 1. The SMILES string of the molecule is Fc1ccccc1Oc1cc[c]s1. The summed E-state index contributed by atoms with van der Waals surface area (Å²) < 4.78 is 18.3. The normalized spacial score (nSPS) is 9.92. The maximum atomic E-state index is 13.1. The third-order valence-electron chi connectivity index (χ3n) is 1.49. The molecule has 13 heavy (non-hydrogen) atoms. The van der Waals surface area contributed by atoms with E-state index in [9.17, 15) is 4.39 Å². The van der Waals surface area contributed by atoms with Crippen molar-refractivity contribution >= 4 is 11.3 Å². The maximum Gasteiger partial charge on any atom is 0.181 e. The van der Waals surface area contributed by atoms with Crippen molar-refractivity contribution in [1.82, 2.24) is 0 Å². The Morgan fingerprint density at radius 2 is 2.08 bits per heavy atom. The predicted molar refractivity (Wildman–Crippen MR) is 49.6 cm³/mol. The van der Waals surface area contributed by atoms with Crippen molar-refractivity contribution in [3.63, 3.8) is 0 Å². The minimum Gasteiger partial charge on any atom is -0.444 e. The molecule has 1 nitrogen and oxygen atoms in total. The van der Waals surface area contributed by atoms with E-state index in [0.29, 0.717) is 5.06 Å². The van der Waals surface area contributed by atoms with Crippen molar-refractivity contribution in [2.24, 2.45) is 0 Å². The first kappa shape index (κ1) is 8.26. The van der Waals surface area contributed by atoms with Gasteiger partial charge in [0.05, 0.1) is 0 Å². The summed E-state index contributed by atoms with van der Waals surface area (Å²) >= 11 is 1.31. The molecule has 3 heteroatoms. The Morgan fingerprint density at radius 3 is 2.77 bits per heavy atom. The van der Waals surface area contributed by atoms with Crippen molar-refractivity contribution in [2.45, 2.75) is 0 Å². The highest BCUT2D eigenvalue weighted by Crippen LogP contribution is 2.27. The van der Waals surface area contributed by atoms with Gasteiger partial charge in [0.25, 0.3) is 0 Å². The Balaban J connectivity index is 2.24. The average molecular weight is 193 g/mol. The molecule has 0 atom stereocenters. The van der Waals surface area contributed by atoms with Crippen LogP contribution in [0.25, 0.3) is 0 Å². The highest BCUT2D eigenvalue weighted by molar-refractivity contribution is 7.11. The van der Waals surface area contributed by atoms with Crippen LogP contribution >= 0.6 is 11.3 Å². The fraction of sp³-hybridized carbons (Fsp3) is 0. The van der Waals surface area contributed by atoms with Gasteiger partial charge in [-0.05, 0) is 24.3 Å². The summed E-state index contributed by atoms with van der Waals surface area (Å²) in [5.41, 5.74) is 0. The lowest BCUT2D eigenvalue weighted by Gasteiger charge is -2.02. The number of halogens is 1. The van der Waals surface area contributed by atoms with E-state index in [-0.39, 0.29) is 11.6 Å². The van der Waals surface area contributed by atoms with E-state index in [0.717, 1.165) is 0 Å². The minimum atomic E-state index is -0.351. The molecule has 0 fully saturated rings. The second-order valence-electron chi connectivity index (χ2n) is 2.40. The number of rotatable bonds is 2. The first-order valence-corrected chi connectivity index (χ1v) is 4.56. The molecule has 65 valence electrons. The Hall–Kier alpha value is -1.35. The second kappa shape index (κ2) is 3.58. The minimum absolute atomic E-state index is 0.248. The number of thiophene rings is 1. The van der Waals surface area contributed by atoms with Gasteiger partial charge in [-0.15, -0.1) is 0 Å². The molecule has 0 saturated carbocycles. The van der Waals surface area contributed by atoms with Crippen molar-refractivity contribution < 1.29 is 9.13 Å². The summed E-state index contributed by atoms with van der Waals surface area (Å²) in [4.78, 5) is 0. The highest BCUT2D eigenvalue weighted by Gasteiger charge is 2.02. The lowest BCUT2D eigenvalue weighted by molar-refractivity contribution is 0.452. The number of hydrogen-bond donors (Lipinski definition) is 0. The summed E-state index contributed by atoms with van der Waals surface area (Å²) in [5, 5.41) is 3.51. The van der Waals surface area contributed by atoms with Crippen LogP contribution in [-0.4, -0.2) is 0 Å². The molecular formula is C10H6FOS. The third-order valence-corrected chi connectivity index (χ3v) is 2.17. The molecule has 0 unspecified atom stereocenters. The molecule has 1 heterocycles. The van der Waals surface area contributed by atoms with E-state index >= 15 is 0 Å². The number of benzene rings is 1. The first-order chi connectivity index (χ1) is 6.36. The largest absolute Gasteiger partial charge is 0.444 e. The predicted octanol–water partition coefficient (Wildman–Crippen LogP) is 3.48. The molecule has 0 saturated heterocycles. The summed E-state index contributed by atoms with van der Waals surface area (Å²) in [6.45, 7) is 0. The van der Waals surface area contributed by atoms with Gasteiger partial charge in [-0.25, -0.2) is 4.39 Å². The topological polar surface area (TPSA) is 9.23 Å². The van der Waals surface area contributed by atoms with Gasteiger partial charge < -0.3 is 4.74 Å². The van der Waals surface area contributed by atoms with E-state index in [1.54, 1.807) is 30.3 Å². The Bertz CT molecular complexity index is 384. The van der Waals surface area contributed by atoms with Gasteiger partial charge in [0.2, 0.25) is 0 Å². The molecule has 0 aliphatic rings. The van der Waals surface area contributed by atoms with Crippen molar-refractivity contribution in [2.75, 3.05) is 0 Å². The standard InChI is InChI=1S/C10H6FOS/c11-8-4-1-2-5-9(8)12-10-6-3-7-13-10/h1-6H. The molecule has 1 radical (unpaired) electrons. The number of hydrogen-bond acceptors (Lipinski definition) is 2. The van der Waals surface area contributed by atoms with Gasteiger partial charge in [0.15, 0.2) is 16.6 Å². The van der Waals surface area contributed by atoms with Crippen LogP contribution in [0.5, 0.6) is 10.8 Å². The van der Waals surface area contributed by atoms with Gasteiger partial charge in [-0.2, -0.15) is 0 Å². The molecule has 0 aliphatic heterocycles. The summed E-state index contributed by atoms with van der Waals surface area (Å²) in [6.07, 6.45) is 0. The molecule has 0 N–H and O–H groups in total. The molecule has 0 aliphatic carbocycles. The maximum absolute atomic E-state index is 13.1. The van der Waals surface area contributed by atoms with Gasteiger partial charge >= 0.3 is 0 Å². The first-order valence-electron chi connectivity index (χ1n) is 3.74. The summed E-state index contributed by atoms with van der Waals surface area (Å²) in [7, 11) is 0. The van der Waals surface area contributed by atoms with Crippen LogP contribution in [0.15, 0.2) is 36.4 Å². The monoisotopic (exact) mass is 193 g/mol. The zero-order valence-electron chi connectivity index (χ0n) is 6.66. The van der Waals surface area contributed by atoms with E-state index in [2.05, 4.69) is 5.38 Å². The zero-order chi connectivity index (χ0) is 9.10. The van der Waals surface area contributed by atoms with Gasteiger partial charge in [0.1, 0.15) is 0 Å². The van der Waals surface area contributed by atoms with Gasteiger partial charge in [-0.3, -0.25) is 0 Å². The lowest BCUT2D eigenvalue weighted by atomic mass is 10.3. The Labute approximate surface area is 79.4 Å². The van der Waals surface area contributed by atoms with Crippen LogP contribution in [0.4, 0.5) is 4.39 Å². The fourth-order valence-corrected chi connectivity index (χ4v) is 1.44. The van der Waals surface area contributed by atoms with Gasteiger partial charge in [0, 0.05) is 5.38 Å².